The van der Waals surface area contributed by atoms with Crippen molar-refractivity contribution >= 4 is 35.1 Å². The van der Waals surface area contributed by atoms with Gasteiger partial charge in [0.1, 0.15) is 5.82 Å². The highest BCUT2D eigenvalue weighted by Gasteiger charge is 2.33. The molecule has 0 radical (unpaired) electrons. The van der Waals surface area contributed by atoms with Gasteiger partial charge in [-0.15, -0.1) is 5.10 Å². The Labute approximate surface area is 226 Å². The summed E-state index contributed by atoms with van der Waals surface area (Å²) in [5.74, 6) is 2.79. The number of aromatic nitrogens is 6. The Morgan fingerprint density at radius 2 is 1.90 bits per heavy atom. The number of piperazine rings is 1. The Morgan fingerprint density at radius 1 is 1.08 bits per heavy atom. The van der Waals surface area contributed by atoms with Gasteiger partial charge in [0.2, 0.25) is 17.7 Å². The average Bonchev–Trinajstić information content (AvgIpc) is 3.59. The van der Waals surface area contributed by atoms with Crippen LogP contribution in [0.3, 0.4) is 0 Å². The van der Waals surface area contributed by atoms with Gasteiger partial charge in [-0.3, -0.25) is 4.90 Å². The van der Waals surface area contributed by atoms with Crippen molar-refractivity contribution in [3.05, 3.63) is 41.2 Å². The van der Waals surface area contributed by atoms with Crippen LogP contribution in [0, 0.1) is 5.92 Å². The van der Waals surface area contributed by atoms with Crippen molar-refractivity contribution in [1.82, 2.24) is 34.4 Å². The summed E-state index contributed by atoms with van der Waals surface area (Å²) < 4.78 is 45.6. The van der Waals surface area contributed by atoms with Gasteiger partial charge >= 0.3 is 6.18 Å². The van der Waals surface area contributed by atoms with Gasteiger partial charge in [0.05, 0.1) is 16.8 Å². The van der Waals surface area contributed by atoms with Crippen molar-refractivity contribution in [1.29, 1.82) is 0 Å². The lowest BCUT2D eigenvalue weighted by Crippen LogP contribution is -2.50. The van der Waals surface area contributed by atoms with Crippen LogP contribution in [0.15, 0.2) is 35.1 Å². The van der Waals surface area contributed by atoms with E-state index >= 15 is 0 Å². The summed E-state index contributed by atoms with van der Waals surface area (Å²) in [6, 6.07) is 4.47. The third-order valence-corrected chi connectivity index (χ3v) is 7.38. The molecule has 39 heavy (non-hydrogen) atoms. The predicted molar refractivity (Wildman–Crippen MR) is 139 cm³/mol. The van der Waals surface area contributed by atoms with Crippen LogP contribution in [0.2, 0.25) is 5.02 Å². The van der Waals surface area contributed by atoms with E-state index in [1.165, 1.54) is 4.52 Å². The highest BCUT2D eigenvalue weighted by molar-refractivity contribution is 6.33. The lowest BCUT2D eigenvalue weighted by atomic mass is 9.97. The number of piperidine rings is 1. The molecule has 0 bridgehead atoms. The van der Waals surface area contributed by atoms with Crippen LogP contribution in [0.1, 0.15) is 18.4 Å². The van der Waals surface area contributed by atoms with Crippen molar-refractivity contribution in [2.45, 2.75) is 19.0 Å². The molecule has 2 N–H and O–H groups in total. The van der Waals surface area contributed by atoms with Gasteiger partial charge in [-0.25, -0.2) is 4.98 Å². The van der Waals surface area contributed by atoms with E-state index in [-0.39, 0.29) is 11.0 Å². The summed E-state index contributed by atoms with van der Waals surface area (Å²) in [6.07, 6.45) is -0.00488. The number of hydrogen-bond acceptors (Lipinski definition) is 10. The Bertz CT molecular complexity index is 1450. The fourth-order valence-corrected chi connectivity index (χ4v) is 5.45. The molecular formula is C24H26ClF3N10O. The highest BCUT2D eigenvalue weighted by atomic mass is 35.5. The van der Waals surface area contributed by atoms with E-state index in [1.54, 1.807) is 18.4 Å². The number of alkyl halides is 3. The summed E-state index contributed by atoms with van der Waals surface area (Å²) in [6.45, 7) is 5.29. The number of halogens is 4. The van der Waals surface area contributed by atoms with Gasteiger partial charge < -0.3 is 20.0 Å². The van der Waals surface area contributed by atoms with Crippen LogP contribution in [-0.4, -0.2) is 80.3 Å². The molecule has 0 aliphatic carbocycles. The molecule has 4 aromatic rings. The first-order valence-corrected chi connectivity index (χ1v) is 13.0. The van der Waals surface area contributed by atoms with Crippen LogP contribution in [0.5, 0.6) is 0 Å². The number of pyridine rings is 1. The molecule has 1 atom stereocenters. The van der Waals surface area contributed by atoms with Crippen molar-refractivity contribution in [3.63, 3.8) is 0 Å². The molecular weight excluding hydrogens is 537 g/mol. The molecule has 4 aromatic heterocycles. The molecule has 2 aliphatic rings. The molecule has 6 rings (SSSR count). The summed E-state index contributed by atoms with van der Waals surface area (Å²) in [4.78, 5) is 24.0. The zero-order valence-electron chi connectivity index (χ0n) is 20.9. The summed E-state index contributed by atoms with van der Waals surface area (Å²) in [7, 11) is 0. The molecule has 0 aromatic carbocycles. The normalized spacial score (nSPS) is 19.2. The molecule has 1 unspecified atom stereocenters. The Morgan fingerprint density at radius 3 is 2.62 bits per heavy atom. The summed E-state index contributed by atoms with van der Waals surface area (Å²) >= 11 is 6.15. The SMILES string of the molecule is Nc1nc(N2CCCC(CN3CCN(c4ncc(C(F)(F)F)cc4Cl)CC3)C2)nc2nc(-c3ccco3)nn12. The van der Waals surface area contributed by atoms with Gasteiger partial charge in [-0.05, 0) is 37.0 Å². The zero-order valence-corrected chi connectivity index (χ0v) is 21.6. The van der Waals surface area contributed by atoms with E-state index in [1.807, 2.05) is 4.90 Å². The first-order valence-electron chi connectivity index (χ1n) is 12.6. The lowest BCUT2D eigenvalue weighted by Gasteiger charge is -2.39. The quantitative estimate of drug-likeness (QED) is 0.387. The molecule has 2 fully saturated rings. The van der Waals surface area contributed by atoms with E-state index in [4.69, 9.17) is 21.8 Å². The fourth-order valence-electron chi connectivity index (χ4n) is 5.17. The Hall–Kier alpha value is -3.65. The van der Waals surface area contributed by atoms with Crippen molar-refractivity contribution in [2.24, 2.45) is 5.92 Å². The minimum Gasteiger partial charge on any atom is -0.461 e. The van der Waals surface area contributed by atoms with Crippen molar-refractivity contribution in [3.8, 4) is 11.6 Å². The van der Waals surface area contributed by atoms with E-state index in [0.29, 0.717) is 48.1 Å². The highest BCUT2D eigenvalue weighted by Crippen LogP contribution is 2.34. The number of rotatable bonds is 5. The van der Waals surface area contributed by atoms with Gasteiger partial charge in [-0.2, -0.15) is 32.6 Å². The second kappa shape index (κ2) is 10.2. The number of nitrogens with zero attached hydrogens (tertiary/aromatic N) is 9. The molecule has 2 aliphatic heterocycles. The number of hydrogen-bond donors (Lipinski definition) is 1. The average molecular weight is 563 g/mol. The first-order chi connectivity index (χ1) is 18.7. The number of anilines is 3. The standard InChI is InChI=1S/C24H26ClF3N10O/c25-17-11-16(24(26,27)28)12-30-20(17)36-8-6-35(7-9-36)13-15-3-1-5-37(14-15)22-32-21(29)38-23(33-22)31-19(34-38)18-4-2-10-39-18/h2,4,10-12,15H,1,3,5-9,13-14H2,(H2,29,31,32,33,34). The number of furan rings is 1. The van der Waals surface area contributed by atoms with E-state index < -0.39 is 11.7 Å². The lowest BCUT2D eigenvalue weighted by molar-refractivity contribution is -0.137. The van der Waals surface area contributed by atoms with Crippen LogP contribution in [-0.2, 0) is 6.18 Å². The van der Waals surface area contributed by atoms with Crippen molar-refractivity contribution in [2.75, 3.05) is 61.3 Å². The molecule has 6 heterocycles. The topological polar surface area (TPSA) is 118 Å². The third-order valence-electron chi connectivity index (χ3n) is 7.10. The van der Waals surface area contributed by atoms with E-state index in [9.17, 15) is 13.2 Å². The second-order valence-electron chi connectivity index (χ2n) is 9.78. The maximum atomic E-state index is 12.9. The fraction of sp³-hybridized carbons (Fsp3) is 0.458. The molecule has 0 saturated carbocycles. The molecule has 206 valence electrons. The second-order valence-corrected chi connectivity index (χ2v) is 10.2. The van der Waals surface area contributed by atoms with E-state index in [0.717, 1.165) is 57.8 Å². The van der Waals surface area contributed by atoms with Crippen LogP contribution < -0.4 is 15.5 Å². The van der Waals surface area contributed by atoms with Crippen molar-refractivity contribution < 1.29 is 17.6 Å². The van der Waals surface area contributed by atoms with Gasteiger partial charge in [0, 0.05) is 52.0 Å². The van der Waals surface area contributed by atoms with Gasteiger partial charge in [0.25, 0.3) is 5.78 Å². The maximum absolute atomic E-state index is 12.9. The molecule has 0 spiro atoms. The minimum atomic E-state index is -4.47. The maximum Gasteiger partial charge on any atom is 0.417 e. The number of fused-ring (bicyclic) bond motifs is 1. The summed E-state index contributed by atoms with van der Waals surface area (Å²) in [5, 5.41) is 4.37. The van der Waals surface area contributed by atoms with Crippen LogP contribution in [0.25, 0.3) is 17.4 Å². The summed E-state index contributed by atoms with van der Waals surface area (Å²) in [5.41, 5.74) is 5.34. The van der Waals surface area contributed by atoms with Gasteiger partial charge in [0.15, 0.2) is 5.76 Å². The molecule has 15 heteroatoms. The predicted octanol–water partition coefficient (Wildman–Crippen LogP) is 3.47. The Balaban J connectivity index is 1.08. The zero-order chi connectivity index (χ0) is 27.1. The van der Waals surface area contributed by atoms with Gasteiger partial charge in [-0.1, -0.05) is 11.6 Å². The Kier molecular flexibility index (Phi) is 6.67. The number of nitrogens with two attached hydrogens (primary N) is 1. The number of nitrogen functional groups attached to an aromatic ring is 1. The molecule has 11 nitrogen and oxygen atoms in total. The van der Waals surface area contributed by atoms with Crippen LogP contribution >= 0.6 is 11.6 Å². The molecule has 2 saturated heterocycles. The first kappa shape index (κ1) is 25.6. The smallest absolute Gasteiger partial charge is 0.417 e. The minimum absolute atomic E-state index is 0.0152. The third kappa shape index (κ3) is 5.30. The monoisotopic (exact) mass is 562 g/mol. The largest absolute Gasteiger partial charge is 0.461 e. The molecule has 0 amide bonds. The van der Waals surface area contributed by atoms with Crippen LogP contribution in [0.4, 0.5) is 30.9 Å². The van der Waals surface area contributed by atoms with E-state index in [2.05, 4.69) is 34.8 Å².